The van der Waals surface area contributed by atoms with E-state index in [-0.39, 0.29) is 12.4 Å². The lowest BCUT2D eigenvalue weighted by Gasteiger charge is -2.35. The van der Waals surface area contributed by atoms with Crippen molar-refractivity contribution in [2.75, 3.05) is 6.61 Å². The van der Waals surface area contributed by atoms with E-state index in [0.717, 1.165) is 34.4 Å². The van der Waals surface area contributed by atoms with Crippen LogP contribution in [0.3, 0.4) is 0 Å². The van der Waals surface area contributed by atoms with Crippen LogP contribution in [-0.4, -0.2) is 17.5 Å². The third-order valence-electron chi connectivity index (χ3n) is 3.20. The zero-order valence-electron chi connectivity index (χ0n) is 8.83. The van der Waals surface area contributed by atoms with Crippen molar-refractivity contribution in [1.29, 1.82) is 0 Å². The predicted molar refractivity (Wildman–Crippen MR) is 62.8 cm³/mol. The maximum atomic E-state index is 8.96. The molecule has 0 unspecified atom stereocenters. The van der Waals surface area contributed by atoms with Crippen LogP contribution in [0.25, 0.3) is 0 Å². The molecule has 3 nitrogen and oxygen atoms in total. The zero-order valence-corrected chi connectivity index (χ0v) is 10.4. The monoisotopic (exact) mass is 284 g/mol. The summed E-state index contributed by atoms with van der Waals surface area (Å²) in [6, 6.07) is 3.90. The first kappa shape index (κ1) is 10.4. The third-order valence-corrected chi connectivity index (χ3v) is 3.94. The van der Waals surface area contributed by atoms with Crippen LogP contribution in [0.1, 0.15) is 24.8 Å². The fraction of sp³-hybridized carbons (Fsp3) is 0.500. The second-order valence-corrected chi connectivity index (χ2v) is 5.19. The van der Waals surface area contributed by atoms with E-state index in [9.17, 15) is 0 Å². The molecule has 1 heterocycles. The number of aliphatic hydroxyl groups excluding tert-OH is 1. The Bertz CT molecular complexity index is 427. The molecule has 0 saturated heterocycles. The average Bonchev–Trinajstić information content (AvgIpc) is 2.57. The van der Waals surface area contributed by atoms with E-state index >= 15 is 0 Å². The molecule has 1 aliphatic heterocycles. The van der Waals surface area contributed by atoms with Crippen LogP contribution in [0.4, 0.5) is 0 Å². The lowest BCUT2D eigenvalue weighted by atomic mass is 9.91. The summed E-state index contributed by atoms with van der Waals surface area (Å²) in [5, 5.41) is 8.96. The summed E-state index contributed by atoms with van der Waals surface area (Å²) in [4.78, 5) is 0. The van der Waals surface area contributed by atoms with Gasteiger partial charge in [-0.25, -0.2) is 0 Å². The molecule has 16 heavy (non-hydrogen) atoms. The molecule has 1 fully saturated rings. The highest BCUT2D eigenvalue weighted by atomic mass is 79.9. The summed E-state index contributed by atoms with van der Waals surface area (Å²) in [6.45, 7) is 0.142. The minimum absolute atomic E-state index is 0.142. The van der Waals surface area contributed by atoms with Crippen LogP contribution < -0.4 is 9.47 Å². The van der Waals surface area contributed by atoms with E-state index in [1.165, 1.54) is 6.42 Å². The molecule has 0 atom stereocenters. The van der Waals surface area contributed by atoms with Crippen LogP contribution in [0.2, 0.25) is 0 Å². The molecule has 1 N–H and O–H groups in total. The largest absolute Gasteiger partial charge is 0.448 e. The van der Waals surface area contributed by atoms with Gasteiger partial charge in [-0.1, -0.05) is 15.9 Å². The summed E-state index contributed by atoms with van der Waals surface area (Å²) in [5.74, 6) is 1.25. The number of halogens is 1. The van der Waals surface area contributed by atoms with Gasteiger partial charge in [0.2, 0.25) is 0 Å². The van der Waals surface area contributed by atoms with Crippen molar-refractivity contribution in [3.63, 3.8) is 0 Å². The normalized spacial score (nSPS) is 19.9. The zero-order chi connectivity index (χ0) is 11.2. The van der Waals surface area contributed by atoms with Crippen molar-refractivity contribution in [3.8, 4) is 11.5 Å². The van der Waals surface area contributed by atoms with E-state index in [4.69, 9.17) is 14.6 Å². The van der Waals surface area contributed by atoms with Gasteiger partial charge in [-0.3, -0.25) is 0 Å². The van der Waals surface area contributed by atoms with Crippen molar-refractivity contribution < 1.29 is 14.6 Å². The van der Waals surface area contributed by atoms with Crippen molar-refractivity contribution >= 4 is 15.9 Å². The minimum atomic E-state index is -0.375. The number of aliphatic hydroxyl groups is 1. The molecule has 86 valence electrons. The number of fused-ring (bicyclic) bond motifs is 1. The van der Waals surface area contributed by atoms with Gasteiger partial charge in [0.05, 0.1) is 0 Å². The Labute approximate surface area is 102 Å². The Kier molecular flexibility index (Phi) is 2.37. The van der Waals surface area contributed by atoms with E-state index in [0.29, 0.717) is 6.42 Å². The van der Waals surface area contributed by atoms with E-state index < -0.39 is 0 Å². The smallest absolute Gasteiger partial charge is 0.251 e. The van der Waals surface area contributed by atoms with Gasteiger partial charge >= 0.3 is 0 Å². The van der Waals surface area contributed by atoms with Gasteiger partial charge in [-0.2, -0.15) is 0 Å². The SMILES string of the molecule is OCCc1cc2c(cc1Br)OC1(CCC1)O2. The highest BCUT2D eigenvalue weighted by Gasteiger charge is 2.47. The first-order valence-corrected chi connectivity index (χ1v) is 6.33. The molecule has 2 aliphatic rings. The highest BCUT2D eigenvalue weighted by molar-refractivity contribution is 9.10. The number of ether oxygens (including phenoxy) is 2. The van der Waals surface area contributed by atoms with Gasteiger partial charge in [0.25, 0.3) is 5.79 Å². The third kappa shape index (κ3) is 1.52. The molecule has 1 aromatic carbocycles. The number of benzene rings is 1. The van der Waals surface area contributed by atoms with Crippen molar-refractivity contribution in [1.82, 2.24) is 0 Å². The molecular formula is C12H13BrO3. The van der Waals surface area contributed by atoms with Crippen molar-refractivity contribution in [2.24, 2.45) is 0 Å². The lowest BCUT2D eigenvalue weighted by molar-refractivity contribution is -0.138. The molecule has 0 amide bonds. The van der Waals surface area contributed by atoms with Gasteiger partial charge in [-0.15, -0.1) is 0 Å². The molecule has 0 radical (unpaired) electrons. The standard InChI is InChI=1S/C12H13BrO3/c13-9-7-11-10(6-8(9)2-5-14)15-12(16-11)3-1-4-12/h6-7,14H,1-5H2. The van der Waals surface area contributed by atoms with E-state index in [1.807, 2.05) is 12.1 Å². The van der Waals surface area contributed by atoms with Gasteiger partial charge in [-0.05, 0) is 30.5 Å². The molecule has 3 rings (SSSR count). The van der Waals surface area contributed by atoms with Gasteiger partial charge in [0, 0.05) is 23.9 Å². The quantitative estimate of drug-likeness (QED) is 0.907. The second-order valence-electron chi connectivity index (χ2n) is 4.33. The maximum absolute atomic E-state index is 8.96. The van der Waals surface area contributed by atoms with Gasteiger partial charge in [0.15, 0.2) is 11.5 Å². The van der Waals surface area contributed by atoms with Crippen molar-refractivity contribution in [3.05, 3.63) is 22.2 Å². The first-order chi connectivity index (χ1) is 7.72. The van der Waals surface area contributed by atoms with Crippen LogP contribution in [0, 0.1) is 0 Å². The van der Waals surface area contributed by atoms with Crippen LogP contribution in [0.15, 0.2) is 16.6 Å². The molecule has 1 aliphatic carbocycles. The number of hydrogen-bond donors (Lipinski definition) is 1. The molecule has 4 heteroatoms. The maximum Gasteiger partial charge on any atom is 0.251 e. The molecular weight excluding hydrogens is 272 g/mol. The Balaban J connectivity index is 1.93. The highest BCUT2D eigenvalue weighted by Crippen LogP contribution is 2.49. The number of rotatable bonds is 2. The van der Waals surface area contributed by atoms with Crippen LogP contribution in [0.5, 0.6) is 11.5 Å². The minimum Gasteiger partial charge on any atom is -0.448 e. The summed E-state index contributed by atoms with van der Waals surface area (Å²) in [7, 11) is 0. The Morgan fingerprint density at radius 3 is 2.50 bits per heavy atom. The Morgan fingerprint density at radius 1 is 1.25 bits per heavy atom. The molecule has 1 spiro atoms. The van der Waals surface area contributed by atoms with E-state index in [2.05, 4.69) is 15.9 Å². The molecule has 0 bridgehead atoms. The average molecular weight is 285 g/mol. The number of hydrogen-bond acceptors (Lipinski definition) is 3. The fourth-order valence-corrected chi connectivity index (χ4v) is 2.66. The Hall–Kier alpha value is -0.740. The van der Waals surface area contributed by atoms with Gasteiger partial charge in [0.1, 0.15) is 0 Å². The molecule has 1 aromatic rings. The first-order valence-electron chi connectivity index (χ1n) is 5.54. The second kappa shape index (κ2) is 3.64. The van der Waals surface area contributed by atoms with Crippen LogP contribution >= 0.6 is 15.9 Å². The fourth-order valence-electron chi connectivity index (χ4n) is 2.14. The molecule has 1 saturated carbocycles. The molecule has 0 aromatic heterocycles. The van der Waals surface area contributed by atoms with Crippen molar-refractivity contribution in [2.45, 2.75) is 31.5 Å². The summed E-state index contributed by atoms with van der Waals surface area (Å²) < 4.78 is 12.6. The lowest BCUT2D eigenvalue weighted by Crippen LogP contribution is -2.45. The predicted octanol–water partition coefficient (Wildman–Crippen LogP) is 2.64. The summed E-state index contributed by atoms with van der Waals surface area (Å²) in [6.07, 6.45) is 3.73. The summed E-state index contributed by atoms with van der Waals surface area (Å²) in [5.41, 5.74) is 1.06. The van der Waals surface area contributed by atoms with E-state index in [1.54, 1.807) is 0 Å². The topological polar surface area (TPSA) is 38.7 Å². The van der Waals surface area contributed by atoms with Gasteiger partial charge < -0.3 is 14.6 Å². The van der Waals surface area contributed by atoms with Crippen LogP contribution in [-0.2, 0) is 6.42 Å². The Morgan fingerprint density at radius 2 is 1.94 bits per heavy atom. The summed E-state index contributed by atoms with van der Waals surface area (Å²) >= 11 is 3.48.